The number of ether oxygens (including phenoxy) is 2. The molecule has 1 fully saturated rings. The van der Waals surface area contributed by atoms with Crippen LogP contribution in [0.2, 0.25) is 5.02 Å². The molecule has 0 saturated carbocycles. The van der Waals surface area contributed by atoms with Gasteiger partial charge in [-0.1, -0.05) is 29.8 Å². The van der Waals surface area contributed by atoms with Gasteiger partial charge in [-0.05, 0) is 70.2 Å². The van der Waals surface area contributed by atoms with Gasteiger partial charge in [0.1, 0.15) is 24.0 Å². The molecule has 1 amide bonds. The Bertz CT molecular complexity index is 932. The Kier molecular flexibility index (Phi) is 7.70. The van der Waals surface area contributed by atoms with E-state index in [0.29, 0.717) is 23.9 Å². The Morgan fingerprint density at radius 1 is 1.34 bits per heavy atom. The van der Waals surface area contributed by atoms with Crippen LogP contribution in [0.15, 0.2) is 52.5 Å². The van der Waals surface area contributed by atoms with Gasteiger partial charge in [-0.3, -0.25) is 4.79 Å². The SMILES string of the molecule is N#CC(=Cc1ccc(OCc2ccc(Cl)cc2)c(Br)c1)C(=O)NCC1CCCO1. The summed E-state index contributed by atoms with van der Waals surface area (Å²) in [4.78, 5) is 12.3. The van der Waals surface area contributed by atoms with Crippen LogP contribution in [0.4, 0.5) is 0 Å². The third kappa shape index (κ3) is 6.33. The second kappa shape index (κ2) is 10.4. The lowest BCUT2D eigenvalue weighted by atomic mass is 10.1. The van der Waals surface area contributed by atoms with Gasteiger partial charge in [-0.2, -0.15) is 5.26 Å². The fourth-order valence-corrected chi connectivity index (χ4v) is 3.52. The van der Waals surface area contributed by atoms with Gasteiger partial charge in [0.15, 0.2) is 0 Å². The van der Waals surface area contributed by atoms with Gasteiger partial charge in [0.2, 0.25) is 0 Å². The second-order valence-corrected chi connectivity index (χ2v) is 7.91. The van der Waals surface area contributed by atoms with Gasteiger partial charge in [0.25, 0.3) is 5.91 Å². The van der Waals surface area contributed by atoms with E-state index in [1.165, 1.54) is 0 Å². The van der Waals surface area contributed by atoms with Crippen LogP contribution in [0.25, 0.3) is 6.08 Å². The van der Waals surface area contributed by atoms with E-state index in [2.05, 4.69) is 21.2 Å². The van der Waals surface area contributed by atoms with E-state index in [9.17, 15) is 10.1 Å². The summed E-state index contributed by atoms with van der Waals surface area (Å²) in [5.41, 5.74) is 1.77. The number of hydrogen-bond acceptors (Lipinski definition) is 4. The summed E-state index contributed by atoms with van der Waals surface area (Å²) in [5, 5.41) is 12.8. The largest absolute Gasteiger partial charge is 0.488 e. The summed E-state index contributed by atoms with van der Waals surface area (Å²) < 4.78 is 12.0. The molecule has 3 rings (SSSR count). The van der Waals surface area contributed by atoms with Gasteiger partial charge < -0.3 is 14.8 Å². The van der Waals surface area contributed by atoms with Crippen molar-refractivity contribution in [2.75, 3.05) is 13.2 Å². The van der Waals surface area contributed by atoms with Gasteiger partial charge in [-0.15, -0.1) is 0 Å². The summed E-state index contributed by atoms with van der Waals surface area (Å²) in [6.45, 7) is 1.54. The van der Waals surface area contributed by atoms with E-state index >= 15 is 0 Å². The first-order valence-electron chi connectivity index (χ1n) is 9.23. The number of hydrogen-bond donors (Lipinski definition) is 1. The molecule has 0 spiro atoms. The summed E-state index contributed by atoms with van der Waals surface area (Å²) in [7, 11) is 0. The normalized spacial score (nSPS) is 16.3. The lowest BCUT2D eigenvalue weighted by molar-refractivity contribution is -0.117. The van der Waals surface area contributed by atoms with Crippen LogP contribution in [0.1, 0.15) is 24.0 Å². The molecule has 29 heavy (non-hydrogen) atoms. The highest BCUT2D eigenvalue weighted by Gasteiger charge is 2.17. The molecule has 1 saturated heterocycles. The first kappa shape index (κ1) is 21.4. The zero-order valence-corrected chi connectivity index (χ0v) is 18.0. The standard InChI is InChI=1S/C22H20BrClN2O3/c23-20-11-16(5-8-21(20)29-14-15-3-6-18(24)7-4-15)10-17(12-25)22(27)26-13-19-2-1-9-28-19/h3-8,10-11,19H,1-2,9,13-14H2,(H,26,27). The average Bonchev–Trinajstić information content (AvgIpc) is 3.24. The Labute approximate surface area is 183 Å². The van der Waals surface area contributed by atoms with E-state index in [-0.39, 0.29) is 11.7 Å². The lowest BCUT2D eigenvalue weighted by Crippen LogP contribution is -2.32. The maximum atomic E-state index is 12.3. The number of carbonyl (C=O) groups excluding carboxylic acids is 1. The monoisotopic (exact) mass is 474 g/mol. The van der Waals surface area contributed by atoms with Crippen LogP contribution in [0.3, 0.4) is 0 Å². The quantitative estimate of drug-likeness (QED) is 0.457. The molecular formula is C22H20BrClN2O3. The van der Waals surface area contributed by atoms with E-state index in [4.69, 9.17) is 21.1 Å². The number of nitrogens with one attached hydrogen (secondary N) is 1. The van der Waals surface area contributed by atoms with Crippen molar-refractivity contribution in [1.82, 2.24) is 5.32 Å². The average molecular weight is 476 g/mol. The van der Waals surface area contributed by atoms with Crippen molar-refractivity contribution in [3.63, 3.8) is 0 Å². The first-order valence-corrected chi connectivity index (χ1v) is 10.4. The number of carbonyl (C=O) groups is 1. The fourth-order valence-electron chi connectivity index (χ4n) is 2.89. The molecule has 2 aromatic rings. The Hall–Kier alpha value is -2.33. The molecule has 1 N–H and O–H groups in total. The zero-order chi connectivity index (χ0) is 20.6. The first-order chi connectivity index (χ1) is 14.0. The van der Waals surface area contributed by atoms with Crippen LogP contribution in [-0.4, -0.2) is 25.2 Å². The predicted octanol–water partition coefficient (Wildman–Crippen LogP) is 4.88. The smallest absolute Gasteiger partial charge is 0.262 e. The Morgan fingerprint density at radius 3 is 2.79 bits per heavy atom. The Morgan fingerprint density at radius 2 is 2.14 bits per heavy atom. The molecule has 1 unspecified atom stereocenters. The summed E-state index contributed by atoms with van der Waals surface area (Å²) >= 11 is 9.37. The highest BCUT2D eigenvalue weighted by atomic mass is 79.9. The van der Waals surface area contributed by atoms with Crippen molar-refractivity contribution in [2.24, 2.45) is 0 Å². The highest BCUT2D eigenvalue weighted by Crippen LogP contribution is 2.28. The number of halogens is 2. The molecule has 0 radical (unpaired) electrons. The molecule has 1 aliphatic heterocycles. The zero-order valence-electron chi connectivity index (χ0n) is 15.7. The van der Waals surface area contributed by atoms with Crippen molar-refractivity contribution in [3.8, 4) is 11.8 Å². The minimum absolute atomic E-state index is 0.0325. The summed E-state index contributed by atoms with van der Waals surface area (Å²) in [6.07, 6.45) is 3.52. The van der Waals surface area contributed by atoms with Crippen molar-refractivity contribution < 1.29 is 14.3 Å². The third-order valence-electron chi connectivity index (χ3n) is 4.45. The third-order valence-corrected chi connectivity index (χ3v) is 5.33. The molecule has 2 aromatic carbocycles. The van der Waals surface area contributed by atoms with Gasteiger partial charge in [0, 0.05) is 18.2 Å². The van der Waals surface area contributed by atoms with Crippen molar-refractivity contribution >= 4 is 39.5 Å². The number of amides is 1. The molecule has 0 bridgehead atoms. The fraction of sp³-hybridized carbons (Fsp3) is 0.273. The van der Waals surface area contributed by atoms with Crippen LogP contribution >= 0.6 is 27.5 Å². The number of benzene rings is 2. The molecule has 1 heterocycles. The van der Waals surface area contributed by atoms with Crippen molar-refractivity contribution in [2.45, 2.75) is 25.6 Å². The molecular weight excluding hydrogens is 456 g/mol. The number of nitriles is 1. The van der Waals surface area contributed by atoms with Crippen LogP contribution < -0.4 is 10.1 Å². The maximum absolute atomic E-state index is 12.3. The van der Waals surface area contributed by atoms with Crippen LogP contribution in [0.5, 0.6) is 5.75 Å². The van der Waals surface area contributed by atoms with Gasteiger partial charge >= 0.3 is 0 Å². The summed E-state index contributed by atoms with van der Waals surface area (Å²) in [6, 6.07) is 14.8. The van der Waals surface area contributed by atoms with Crippen LogP contribution in [-0.2, 0) is 16.1 Å². The van der Waals surface area contributed by atoms with Gasteiger partial charge in [0.05, 0.1) is 10.6 Å². The molecule has 1 atom stereocenters. The van der Waals surface area contributed by atoms with Crippen LogP contribution in [0, 0.1) is 11.3 Å². The summed E-state index contributed by atoms with van der Waals surface area (Å²) in [5.74, 6) is 0.264. The Balaban J connectivity index is 1.61. The van der Waals surface area contributed by atoms with E-state index < -0.39 is 5.91 Å². The van der Waals surface area contributed by atoms with E-state index in [1.807, 2.05) is 36.4 Å². The molecule has 1 aliphatic rings. The predicted molar refractivity (Wildman–Crippen MR) is 115 cm³/mol. The molecule has 7 heteroatoms. The minimum atomic E-state index is -0.401. The number of nitrogens with zero attached hydrogens (tertiary/aromatic N) is 1. The van der Waals surface area contributed by atoms with Gasteiger partial charge in [-0.25, -0.2) is 0 Å². The number of rotatable bonds is 7. The second-order valence-electron chi connectivity index (χ2n) is 6.62. The van der Waals surface area contributed by atoms with E-state index in [0.717, 1.165) is 35.0 Å². The van der Waals surface area contributed by atoms with Crippen molar-refractivity contribution in [1.29, 1.82) is 5.26 Å². The molecule has 0 aromatic heterocycles. The molecule has 5 nitrogen and oxygen atoms in total. The maximum Gasteiger partial charge on any atom is 0.262 e. The van der Waals surface area contributed by atoms with Crippen molar-refractivity contribution in [3.05, 3.63) is 68.7 Å². The topological polar surface area (TPSA) is 71.3 Å². The molecule has 150 valence electrons. The van der Waals surface area contributed by atoms with E-state index in [1.54, 1.807) is 18.2 Å². The highest BCUT2D eigenvalue weighted by molar-refractivity contribution is 9.10. The minimum Gasteiger partial charge on any atom is -0.488 e. The lowest BCUT2D eigenvalue weighted by Gasteiger charge is -2.11. The molecule has 0 aliphatic carbocycles.